The average molecular weight is 354 g/mol. The molecule has 0 radical (unpaired) electrons. The molecule has 26 heavy (non-hydrogen) atoms. The van der Waals surface area contributed by atoms with Gasteiger partial charge in [0.05, 0.1) is 12.1 Å². The van der Waals surface area contributed by atoms with Crippen LogP contribution < -0.4 is 10.9 Å². The summed E-state index contributed by atoms with van der Waals surface area (Å²) in [5, 5.41) is 8.26. The van der Waals surface area contributed by atoms with Gasteiger partial charge in [0.1, 0.15) is 0 Å². The van der Waals surface area contributed by atoms with Crippen LogP contribution in [0.4, 0.5) is 0 Å². The van der Waals surface area contributed by atoms with Crippen LogP contribution in [-0.2, 0) is 6.67 Å². The zero-order chi connectivity index (χ0) is 18.1. The Balaban J connectivity index is 1.73. The number of amides is 1. The third-order valence-electron chi connectivity index (χ3n) is 5.98. The van der Waals surface area contributed by atoms with Crippen molar-refractivity contribution in [3.05, 3.63) is 40.3 Å². The highest BCUT2D eigenvalue weighted by atomic mass is 16.2. The maximum Gasteiger partial charge on any atom is 0.275 e. The number of benzene rings is 1. The molecule has 0 unspecified atom stereocenters. The molecule has 2 heterocycles. The topological polar surface area (TPSA) is 67.2 Å². The Bertz CT molecular complexity index is 874. The van der Waals surface area contributed by atoms with E-state index in [1.807, 2.05) is 12.1 Å². The summed E-state index contributed by atoms with van der Waals surface area (Å²) in [4.78, 5) is 27.7. The van der Waals surface area contributed by atoms with Crippen molar-refractivity contribution in [2.75, 3.05) is 13.6 Å². The molecule has 1 N–H and O–H groups in total. The van der Waals surface area contributed by atoms with Gasteiger partial charge >= 0.3 is 0 Å². The number of likely N-dealkylation sites (tertiary alicyclic amines) is 1. The molecule has 2 fully saturated rings. The van der Waals surface area contributed by atoms with Crippen molar-refractivity contribution in [3.8, 4) is 0 Å². The molecule has 2 aromatic rings. The van der Waals surface area contributed by atoms with Gasteiger partial charge in [-0.2, -0.15) is 5.10 Å². The largest absolute Gasteiger partial charge is 0.354 e. The van der Waals surface area contributed by atoms with E-state index in [4.69, 9.17) is 0 Å². The van der Waals surface area contributed by atoms with Gasteiger partial charge in [0.2, 0.25) is 0 Å². The SMILES string of the molecule is CNC(=O)c1nn(CN2CCC[C@H]3CCCC[C@H]32)c(=O)c2ccccc12. The van der Waals surface area contributed by atoms with Gasteiger partial charge in [0.25, 0.3) is 11.5 Å². The summed E-state index contributed by atoms with van der Waals surface area (Å²) in [5.41, 5.74) is 0.200. The van der Waals surface area contributed by atoms with Crippen molar-refractivity contribution in [3.63, 3.8) is 0 Å². The van der Waals surface area contributed by atoms with Crippen molar-refractivity contribution in [1.82, 2.24) is 20.0 Å². The first-order valence-electron chi connectivity index (χ1n) is 9.65. The molecule has 6 nitrogen and oxygen atoms in total. The zero-order valence-corrected chi connectivity index (χ0v) is 15.3. The van der Waals surface area contributed by atoms with Crippen LogP contribution in [0.1, 0.15) is 49.0 Å². The fourth-order valence-electron chi connectivity index (χ4n) is 4.69. The minimum atomic E-state index is -0.260. The molecule has 0 bridgehead atoms. The first-order chi connectivity index (χ1) is 12.7. The maximum absolute atomic E-state index is 13.0. The number of carbonyl (C=O) groups is 1. The normalized spacial score (nSPS) is 23.6. The van der Waals surface area contributed by atoms with E-state index in [1.165, 1.54) is 43.2 Å². The number of nitrogens with zero attached hydrogens (tertiary/aromatic N) is 3. The third kappa shape index (κ3) is 3.03. The second kappa shape index (κ2) is 7.19. The van der Waals surface area contributed by atoms with Crippen LogP contribution >= 0.6 is 0 Å². The number of fused-ring (bicyclic) bond motifs is 2. The molecule has 1 amide bonds. The molecule has 2 atom stereocenters. The van der Waals surface area contributed by atoms with E-state index in [0.29, 0.717) is 29.2 Å². The third-order valence-corrected chi connectivity index (χ3v) is 5.98. The lowest BCUT2D eigenvalue weighted by atomic mass is 9.78. The number of carbonyl (C=O) groups excluding carboxylic acids is 1. The number of hydrogen-bond donors (Lipinski definition) is 1. The highest BCUT2D eigenvalue weighted by molar-refractivity contribution is 6.04. The van der Waals surface area contributed by atoms with Crippen LogP contribution in [0.15, 0.2) is 29.1 Å². The first kappa shape index (κ1) is 17.2. The molecule has 1 aliphatic heterocycles. The van der Waals surface area contributed by atoms with Gasteiger partial charge in [-0.3, -0.25) is 14.5 Å². The Kier molecular flexibility index (Phi) is 4.76. The van der Waals surface area contributed by atoms with Gasteiger partial charge < -0.3 is 5.32 Å². The molecule has 138 valence electrons. The fourth-order valence-corrected chi connectivity index (χ4v) is 4.69. The number of aromatic nitrogens is 2. The minimum absolute atomic E-state index is 0.119. The standard InChI is InChI=1S/C20H26N4O2/c1-21-19(25)18-15-9-3-4-10-16(15)20(26)24(22-18)13-23-12-6-8-14-7-2-5-11-17(14)23/h3-4,9-10,14,17H,2,5-8,11-13H2,1H3,(H,21,25)/t14-,17-/m1/s1. The summed E-state index contributed by atoms with van der Waals surface area (Å²) < 4.78 is 1.49. The highest BCUT2D eigenvalue weighted by Gasteiger charge is 2.33. The van der Waals surface area contributed by atoms with Crippen LogP contribution in [0.3, 0.4) is 0 Å². The molecule has 1 aromatic heterocycles. The molecular formula is C20H26N4O2. The summed E-state index contributed by atoms with van der Waals surface area (Å²) in [6.07, 6.45) is 7.56. The predicted molar refractivity (Wildman–Crippen MR) is 101 cm³/mol. The van der Waals surface area contributed by atoms with Crippen molar-refractivity contribution in [1.29, 1.82) is 0 Å². The lowest BCUT2D eigenvalue weighted by Crippen LogP contribution is -2.49. The average Bonchev–Trinajstić information content (AvgIpc) is 2.70. The molecule has 6 heteroatoms. The summed E-state index contributed by atoms with van der Waals surface area (Å²) in [6.45, 7) is 1.46. The van der Waals surface area contributed by atoms with Crippen molar-refractivity contribution >= 4 is 16.7 Å². The summed E-state index contributed by atoms with van der Waals surface area (Å²) in [5.74, 6) is 0.483. The van der Waals surface area contributed by atoms with E-state index in [1.54, 1.807) is 19.2 Å². The predicted octanol–water partition coefficient (Wildman–Crippen LogP) is 2.37. The van der Waals surface area contributed by atoms with Gasteiger partial charge in [0, 0.05) is 25.0 Å². The molecule has 1 aliphatic carbocycles. The van der Waals surface area contributed by atoms with Gasteiger partial charge in [0.15, 0.2) is 5.69 Å². The summed E-state index contributed by atoms with van der Waals surface area (Å²) in [6, 6.07) is 7.77. The van der Waals surface area contributed by atoms with Gasteiger partial charge in [-0.25, -0.2) is 4.68 Å². The molecule has 4 rings (SSSR count). The maximum atomic E-state index is 13.0. The van der Waals surface area contributed by atoms with Gasteiger partial charge in [-0.1, -0.05) is 31.0 Å². The second-order valence-electron chi connectivity index (χ2n) is 7.49. The Labute approximate surface area is 153 Å². The first-order valence-corrected chi connectivity index (χ1v) is 9.65. The number of piperidine rings is 1. The number of nitrogens with one attached hydrogen (secondary N) is 1. The minimum Gasteiger partial charge on any atom is -0.354 e. The van der Waals surface area contributed by atoms with Crippen LogP contribution in [0.25, 0.3) is 10.8 Å². The number of hydrogen-bond acceptors (Lipinski definition) is 4. The van der Waals surface area contributed by atoms with Crippen LogP contribution in [0, 0.1) is 5.92 Å². The summed E-state index contributed by atoms with van der Waals surface area (Å²) >= 11 is 0. The van der Waals surface area contributed by atoms with Crippen molar-refractivity contribution in [2.24, 2.45) is 5.92 Å². The van der Waals surface area contributed by atoms with E-state index in [9.17, 15) is 9.59 Å². The molecular weight excluding hydrogens is 328 g/mol. The fraction of sp³-hybridized carbons (Fsp3) is 0.550. The van der Waals surface area contributed by atoms with Crippen LogP contribution in [0.5, 0.6) is 0 Å². The summed E-state index contributed by atoms with van der Waals surface area (Å²) in [7, 11) is 1.59. The zero-order valence-electron chi connectivity index (χ0n) is 15.3. The van der Waals surface area contributed by atoms with Gasteiger partial charge in [-0.15, -0.1) is 0 Å². The van der Waals surface area contributed by atoms with E-state index in [-0.39, 0.29) is 11.5 Å². The van der Waals surface area contributed by atoms with Crippen molar-refractivity contribution < 1.29 is 4.79 Å². The lowest BCUT2D eigenvalue weighted by Gasteiger charge is -2.44. The Morgan fingerprint density at radius 1 is 1.15 bits per heavy atom. The lowest BCUT2D eigenvalue weighted by molar-refractivity contribution is 0.0314. The Hall–Kier alpha value is -2.21. The van der Waals surface area contributed by atoms with Crippen LogP contribution in [0.2, 0.25) is 0 Å². The molecule has 1 saturated carbocycles. The van der Waals surface area contributed by atoms with Gasteiger partial charge in [-0.05, 0) is 37.7 Å². The smallest absolute Gasteiger partial charge is 0.275 e. The molecule has 1 aromatic carbocycles. The molecule has 2 aliphatic rings. The second-order valence-corrected chi connectivity index (χ2v) is 7.49. The van der Waals surface area contributed by atoms with E-state index < -0.39 is 0 Å². The Morgan fingerprint density at radius 3 is 2.69 bits per heavy atom. The van der Waals surface area contributed by atoms with E-state index in [2.05, 4.69) is 15.3 Å². The van der Waals surface area contributed by atoms with Crippen LogP contribution in [-0.4, -0.2) is 40.2 Å². The Morgan fingerprint density at radius 2 is 1.88 bits per heavy atom. The quantitative estimate of drug-likeness (QED) is 0.919. The highest BCUT2D eigenvalue weighted by Crippen LogP contribution is 2.35. The number of rotatable bonds is 3. The molecule has 0 spiro atoms. The van der Waals surface area contributed by atoms with E-state index in [0.717, 1.165) is 12.5 Å². The molecule has 1 saturated heterocycles. The monoisotopic (exact) mass is 354 g/mol. The van der Waals surface area contributed by atoms with Crippen molar-refractivity contribution in [2.45, 2.75) is 51.2 Å². The van der Waals surface area contributed by atoms with E-state index >= 15 is 0 Å².